The number of carbonyl (C=O) groups is 1. The molecule has 0 aliphatic carbocycles. The van der Waals surface area contributed by atoms with E-state index in [1.807, 2.05) is 31.2 Å². The number of halogens is 1. The molecular formula is C22H28ClN3O4S. The molecule has 2 aromatic rings. The third-order valence-corrected chi connectivity index (χ3v) is 7.31. The molecule has 1 aliphatic heterocycles. The lowest BCUT2D eigenvalue weighted by Gasteiger charge is -2.26. The van der Waals surface area contributed by atoms with Crippen molar-refractivity contribution in [3.8, 4) is 5.75 Å². The zero-order valence-corrected chi connectivity index (χ0v) is 19.3. The molecular weight excluding hydrogens is 438 g/mol. The van der Waals surface area contributed by atoms with E-state index >= 15 is 0 Å². The lowest BCUT2D eigenvalue weighted by Crippen LogP contribution is -2.35. The molecule has 1 saturated heterocycles. The number of sulfonamides is 1. The Hall–Kier alpha value is -2.29. The molecule has 0 bridgehead atoms. The highest BCUT2D eigenvalue weighted by molar-refractivity contribution is 7.89. The third-order valence-electron chi connectivity index (χ3n) is 5.09. The molecule has 0 radical (unpaired) electrons. The molecule has 1 heterocycles. The van der Waals surface area contributed by atoms with Gasteiger partial charge >= 0.3 is 0 Å². The maximum absolute atomic E-state index is 12.9. The molecule has 9 heteroatoms. The first-order valence-electron chi connectivity index (χ1n) is 10.4. The summed E-state index contributed by atoms with van der Waals surface area (Å²) >= 11 is 6.23. The van der Waals surface area contributed by atoms with Crippen LogP contribution in [-0.4, -0.2) is 44.4 Å². The van der Waals surface area contributed by atoms with E-state index in [-0.39, 0.29) is 21.5 Å². The number of anilines is 2. The Balaban J connectivity index is 1.69. The maximum atomic E-state index is 12.9. The van der Waals surface area contributed by atoms with Gasteiger partial charge in [-0.3, -0.25) is 4.79 Å². The predicted molar refractivity (Wildman–Crippen MR) is 123 cm³/mol. The van der Waals surface area contributed by atoms with Crippen LogP contribution in [0.4, 0.5) is 11.4 Å². The van der Waals surface area contributed by atoms with Crippen molar-refractivity contribution in [2.45, 2.75) is 44.0 Å². The smallest absolute Gasteiger partial charge is 0.246 e. The second-order valence-corrected chi connectivity index (χ2v) is 9.76. The van der Waals surface area contributed by atoms with Crippen molar-refractivity contribution in [1.82, 2.24) is 4.31 Å². The molecule has 31 heavy (non-hydrogen) atoms. The lowest BCUT2D eigenvalue weighted by atomic mass is 10.2. The van der Waals surface area contributed by atoms with Gasteiger partial charge in [0.05, 0.1) is 22.2 Å². The Labute approximate surface area is 188 Å². The Morgan fingerprint density at radius 3 is 2.45 bits per heavy atom. The minimum absolute atomic E-state index is 0.126. The van der Waals surface area contributed by atoms with Gasteiger partial charge in [-0.25, -0.2) is 8.42 Å². The molecule has 0 aromatic heterocycles. The van der Waals surface area contributed by atoms with E-state index in [4.69, 9.17) is 16.3 Å². The number of piperidine rings is 1. The standard InChI is InChI=1S/C22H28ClN3O4S/c1-3-30-18-9-7-17(8-10-18)24-16(2)22(27)25-21-15-19(11-12-20(21)23)31(28,29)26-13-5-4-6-14-26/h7-12,15-16,24H,3-6,13-14H2,1-2H3,(H,25,27)/t16-/m1/s1. The Morgan fingerprint density at radius 2 is 1.81 bits per heavy atom. The average molecular weight is 466 g/mol. The highest BCUT2D eigenvalue weighted by atomic mass is 35.5. The summed E-state index contributed by atoms with van der Waals surface area (Å²) in [4.78, 5) is 12.8. The van der Waals surface area contributed by atoms with Crippen LogP contribution in [-0.2, 0) is 14.8 Å². The van der Waals surface area contributed by atoms with E-state index < -0.39 is 16.1 Å². The van der Waals surface area contributed by atoms with E-state index in [1.165, 1.54) is 22.5 Å². The molecule has 0 saturated carbocycles. The van der Waals surface area contributed by atoms with Crippen LogP contribution >= 0.6 is 11.6 Å². The van der Waals surface area contributed by atoms with E-state index in [0.717, 1.165) is 30.7 Å². The van der Waals surface area contributed by atoms with Crippen molar-refractivity contribution in [3.05, 3.63) is 47.5 Å². The van der Waals surface area contributed by atoms with Crippen molar-refractivity contribution in [3.63, 3.8) is 0 Å². The number of carbonyl (C=O) groups excluding carboxylic acids is 1. The number of rotatable bonds is 8. The van der Waals surface area contributed by atoms with Gasteiger partial charge in [0, 0.05) is 18.8 Å². The summed E-state index contributed by atoms with van der Waals surface area (Å²) in [7, 11) is -3.62. The molecule has 2 N–H and O–H groups in total. The number of ether oxygens (including phenoxy) is 1. The minimum atomic E-state index is -3.62. The van der Waals surface area contributed by atoms with E-state index in [0.29, 0.717) is 19.7 Å². The monoisotopic (exact) mass is 465 g/mol. The molecule has 1 fully saturated rings. The van der Waals surface area contributed by atoms with Gasteiger partial charge in [0.25, 0.3) is 0 Å². The van der Waals surface area contributed by atoms with Crippen LogP contribution in [0.15, 0.2) is 47.4 Å². The van der Waals surface area contributed by atoms with Gasteiger partial charge in [0.15, 0.2) is 0 Å². The summed E-state index contributed by atoms with van der Waals surface area (Å²) < 4.78 is 32.8. The number of nitrogens with zero attached hydrogens (tertiary/aromatic N) is 1. The summed E-state index contributed by atoms with van der Waals surface area (Å²) in [5.41, 5.74) is 1.03. The summed E-state index contributed by atoms with van der Waals surface area (Å²) in [6, 6.07) is 11.1. The van der Waals surface area contributed by atoms with Crippen LogP contribution in [0.2, 0.25) is 5.02 Å². The maximum Gasteiger partial charge on any atom is 0.246 e. The molecule has 0 spiro atoms. The fraction of sp³-hybridized carbons (Fsp3) is 0.409. The number of hydrogen-bond acceptors (Lipinski definition) is 5. The topological polar surface area (TPSA) is 87.7 Å². The van der Waals surface area contributed by atoms with Crippen molar-refractivity contribution in [2.75, 3.05) is 30.3 Å². The van der Waals surface area contributed by atoms with Gasteiger partial charge in [0.2, 0.25) is 15.9 Å². The molecule has 168 valence electrons. The molecule has 3 rings (SSSR count). The number of hydrogen-bond donors (Lipinski definition) is 2. The summed E-state index contributed by atoms with van der Waals surface area (Å²) in [6.07, 6.45) is 2.74. The molecule has 1 atom stereocenters. The van der Waals surface area contributed by atoms with Crippen molar-refractivity contribution in [2.24, 2.45) is 0 Å². The van der Waals surface area contributed by atoms with Crippen LogP contribution in [0.5, 0.6) is 5.75 Å². The third kappa shape index (κ3) is 5.90. The predicted octanol–water partition coefficient (Wildman–Crippen LogP) is 4.35. The highest BCUT2D eigenvalue weighted by Crippen LogP contribution is 2.28. The highest BCUT2D eigenvalue weighted by Gasteiger charge is 2.27. The van der Waals surface area contributed by atoms with Crippen molar-refractivity contribution >= 4 is 38.9 Å². The minimum Gasteiger partial charge on any atom is -0.494 e. The van der Waals surface area contributed by atoms with Gasteiger partial charge < -0.3 is 15.4 Å². The van der Waals surface area contributed by atoms with E-state index in [1.54, 1.807) is 6.92 Å². The zero-order valence-electron chi connectivity index (χ0n) is 17.7. The van der Waals surface area contributed by atoms with Crippen LogP contribution < -0.4 is 15.4 Å². The SMILES string of the molecule is CCOc1ccc(N[C@H](C)C(=O)Nc2cc(S(=O)(=O)N3CCCCC3)ccc2Cl)cc1. The second kappa shape index (κ2) is 10.3. The number of amides is 1. The quantitative estimate of drug-likeness (QED) is 0.605. The summed E-state index contributed by atoms with van der Waals surface area (Å²) in [6.45, 7) is 5.23. The molecule has 2 aromatic carbocycles. The fourth-order valence-corrected chi connectivity index (χ4v) is 5.09. The summed E-state index contributed by atoms with van der Waals surface area (Å²) in [5.74, 6) is 0.423. The molecule has 0 unspecified atom stereocenters. The lowest BCUT2D eigenvalue weighted by molar-refractivity contribution is -0.116. The van der Waals surface area contributed by atoms with Crippen LogP contribution in [0, 0.1) is 0 Å². The Kier molecular flexibility index (Phi) is 7.80. The summed E-state index contributed by atoms with van der Waals surface area (Å²) in [5, 5.41) is 6.12. The van der Waals surface area contributed by atoms with E-state index in [9.17, 15) is 13.2 Å². The number of nitrogens with one attached hydrogen (secondary N) is 2. The Bertz CT molecular complexity index is 1010. The van der Waals surface area contributed by atoms with Gasteiger partial charge in [-0.05, 0) is 69.2 Å². The van der Waals surface area contributed by atoms with Gasteiger partial charge in [-0.2, -0.15) is 4.31 Å². The zero-order chi connectivity index (χ0) is 22.4. The first-order valence-corrected chi connectivity index (χ1v) is 12.2. The first-order chi connectivity index (χ1) is 14.8. The Morgan fingerprint density at radius 1 is 1.13 bits per heavy atom. The molecule has 1 amide bonds. The van der Waals surface area contributed by atoms with Gasteiger partial charge in [-0.1, -0.05) is 18.0 Å². The fourth-order valence-electron chi connectivity index (χ4n) is 3.39. The molecule has 1 aliphatic rings. The van der Waals surface area contributed by atoms with Crippen LogP contribution in [0.25, 0.3) is 0 Å². The van der Waals surface area contributed by atoms with Crippen molar-refractivity contribution < 1.29 is 17.9 Å². The average Bonchev–Trinajstić information content (AvgIpc) is 2.77. The normalized spacial score (nSPS) is 15.8. The van der Waals surface area contributed by atoms with Crippen LogP contribution in [0.3, 0.4) is 0 Å². The van der Waals surface area contributed by atoms with Crippen molar-refractivity contribution in [1.29, 1.82) is 0 Å². The van der Waals surface area contributed by atoms with Gasteiger partial charge in [0.1, 0.15) is 11.8 Å². The number of benzene rings is 2. The molecule has 7 nitrogen and oxygen atoms in total. The van der Waals surface area contributed by atoms with E-state index in [2.05, 4.69) is 10.6 Å². The van der Waals surface area contributed by atoms with Crippen LogP contribution in [0.1, 0.15) is 33.1 Å². The largest absolute Gasteiger partial charge is 0.494 e. The second-order valence-electron chi connectivity index (χ2n) is 7.42. The first kappa shape index (κ1) is 23.4. The van der Waals surface area contributed by atoms with Gasteiger partial charge in [-0.15, -0.1) is 0 Å².